The highest BCUT2D eigenvalue weighted by molar-refractivity contribution is 7.89. The molecule has 0 amide bonds. The average molecular weight is 271 g/mol. The highest BCUT2D eigenvalue weighted by atomic mass is 32.2. The van der Waals surface area contributed by atoms with E-state index >= 15 is 0 Å². The van der Waals surface area contributed by atoms with Gasteiger partial charge in [-0.15, -0.1) is 0 Å². The number of hydrogen-bond acceptors (Lipinski definition) is 4. The zero-order valence-corrected chi connectivity index (χ0v) is 11.5. The molecule has 102 valence electrons. The van der Waals surface area contributed by atoms with Gasteiger partial charge in [-0.2, -0.15) is 0 Å². The number of rotatable bonds is 9. The van der Waals surface area contributed by atoms with Crippen LogP contribution < -0.4 is 10.0 Å². The van der Waals surface area contributed by atoms with Gasteiger partial charge in [0, 0.05) is 18.9 Å². The molecular formula is C12H21N3O2S. The van der Waals surface area contributed by atoms with Crippen molar-refractivity contribution in [2.45, 2.75) is 19.8 Å². The summed E-state index contributed by atoms with van der Waals surface area (Å²) in [6, 6.07) is 3.78. The van der Waals surface area contributed by atoms with Crippen LogP contribution in [-0.2, 0) is 16.4 Å². The van der Waals surface area contributed by atoms with E-state index in [1.807, 2.05) is 19.1 Å². The van der Waals surface area contributed by atoms with E-state index in [0.717, 1.165) is 18.7 Å². The summed E-state index contributed by atoms with van der Waals surface area (Å²) in [5.74, 6) is 0.177. The van der Waals surface area contributed by atoms with Crippen LogP contribution in [0.1, 0.15) is 18.9 Å². The molecule has 1 rings (SSSR count). The van der Waals surface area contributed by atoms with Crippen LogP contribution >= 0.6 is 0 Å². The van der Waals surface area contributed by atoms with Crippen molar-refractivity contribution in [2.75, 3.05) is 25.4 Å². The van der Waals surface area contributed by atoms with Crippen molar-refractivity contribution in [1.29, 1.82) is 0 Å². The van der Waals surface area contributed by atoms with Crippen molar-refractivity contribution < 1.29 is 8.42 Å². The SMILES string of the molecule is CCNCCCS(=O)(=O)NCCc1ccncc1. The minimum atomic E-state index is -3.14. The Hall–Kier alpha value is -0.980. The summed E-state index contributed by atoms with van der Waals surface area (Å²) in [6.07, 6.45) is 4.74. The Kier molecular flexibility index (Phi) is 6.85. The Labute approximate surface area is 109 Å². The fourth-order valence-electron chi connectivity index (χ4n) is 1.54. The monoisotopic (exact) mass is 271 g/mol. The molecular weight excluding hydrogens is 250 g/mol. The Morgan fingerprint density at radius 3 is 2.61 bits per heavy atom. The molecule has 0 atom stereocenters. The third-order valence-corrected chi connectivity index (χ3v) is 3.97. The van der Waals surface area contributed by atoms with Crippen LogP contribution in [0.25, 0.3) is 0 Å². The summed E-state index contributed by atoms with van der Waals surface area (Å²) in [6.45, 7) is 4.05. The van der Waals surface area contributed by atoms with Gasteiger partial charge in [-0.05, 0) is 43.6 Å². The number of hydrogen-bond donors (Lipinski definition) is 2. The molecule has 0 aliphatic rings. The van der Waals surface area contributed by atoms with Crippen molar-refractivity contribution in [2.24, 2.45) is 0 Å². The quantitative estimate of drug-likeness (QED) is 0.643. The van der Waals surface area contributed by atoms with Crippen molar-refractivity contribution in [3.8, 4) is 0 Å². The number of pyridine rings is 1. The predicted octanol–water partition coefficient (Wildman–Crippen LogP) is 0.543. The van der Waals surface area contributed by atoms with Crippen molar-refractivity contribution in [3.05, 3.63) is 30.1 Å². The first-order chi connectivity index (χ1) is 8.64. The van der Waals surface area contributed by atoms with E-state index in [4.69, 9.17) is 0 Å². The highest BCUT2D eigenvalue weighted by Crippen LogP contribution is 1.97. The van der Waals surface area contributed by atoms with Gasteiger partial charge in [-0.1, -0.05) is 6.92 Å². The summed E-state index contributed by atoms with van der Waals surface area (Å²) in [5, 5.41) is 3.10. The van der Waals surface area contributed by atoms with Gasteiger partial charge in [0.05, 0.1) is 5.75 Å². The largest absolute Gasteiger partial charge is 0.317 e. The maximum atomic E-state index is 11.6. The molecule has 0 saturated heterocycles. The van der Waals surface area contributed by atoms with Gasteiger partial charge in [0.1, 0.15) is 0 Å². The predicted molar refractivity (Wildman–Crippen MR) is 72.9 cm³/mol. The second-order valence-corrected chi connectivity index (χ2v) is 5.95. The second-order valence-electron chi connectivity index (χ2n) is 4.03. The average Bonchev–Trinajstić information content (AvgIpc) is 2.36. The van der Waals surface area contributed by atoms with Crippen LogP contribution in [0.3, 0.4) is 0 Å². The number of sulfonamides is 1. The third-order valence-electron chi connectivity index (χ3n) is 2.50. The van der Waals surface area contributed by atoms with Gasteiger partial charge >= 0.3 is 0 Å². The molecule has 1 aromatic rings. The van der Waals surface area contributed by atoms with E-state index in [-0.39, 0.29) is 5.75 Å². The maximum Gasteiger partial charge on any atom is 0.211 e. The molecule has 0 saturated carbocycles. The Balaban J connectivity index is 2.21. The third kappa shape index (κ3) is 6.68. The minimum Gasteiger partial charge on any atom is -0.317 e. The number of nitrogens with zero attached hydrogens (tertiary/aromatic N) is 1. The first kappa shape index (κ1) is 15.1. The molecule has 0 aliphatic heterocycles. The van der Waals surface area contributed by atoms with Gasteiger partial charge in [-0.25, -0.2) is 13.1 Å². The normalized spacial score (nSPS) is 11.6. The lowest BCUT2D eigenvalue weighted by molar-refractivity contribution is 0.576. The molecule has 0 fully saturated rings. The Morgan fingerprint density at radius 2 is 1.94 bits per heavy atom. The molecule has 0 radical (unpaired) electrons. The fraction of sp³-hybridized carbons (Fsp3) is 0.583. The lowest BCUT2D eigenvalue weighted by Crippen LogP contribution is -2.30. The molecule has 5 nitrogen and oxygen atoms in total. The molecule has 18 heavy (non-hydrogen) atoms. The summed E-state index contributed by atoms with van der Waals surface area (Å²) in [7, 11) is -3.14. The summed E-state index contributed by atoms with van der Waals surface area (Å²) >= 11 is 0. The topological polar surface area (TPSA) is 71.1 Å². The molecule has 0 unspecified atom stereocenters. The summed E-state index contributed by atoms with van der Waals surface area (Å²) in [5.41, 5.74) is 1.08. The molecule has 0 spiro atoms. The van der Waals surface area contributed by atoms with E-state index in [9.17, 15) is 8.42 Å². The van der Waals surface area contributed by atoms with Crippen LogP contribution in [-0.4, -0.2) is 38.8 Å². The lowest BCUT2D eigenvalue weighted by atomic mass is 10.2. The summed E-state index contributed by atoms with van der Waals surface area (Å²) < 4.78 is 25.9. The van der Waals surface area contributed by atoms with Crippen LogP contribution in [0.4, 0.5) is 0 Å². The lowest BCUT2D eigenvalue weighted by Gasteiger charge is -2.06. The van der Waals surface area contributed by atoms with E-state index in [2.05, 4.69) is 15.0 Å². The van der Waals surface area contributed by atoms with Gasteiger partial charge in [0.15, 0.2) is 0 Å². The van der Waals surface area contributed by atoms with Crippen LogP contribution in [0.15, 0.2) is 24.5 Å². The van der Waals surface area contributed by atoms with Crippen LogP contribution in [0.2, 0.25) is 0 Å². The smallest absolute Gasteiger partial charge is 0.211 e. The molecule has 1 aromatic heterocycles. The standard InChI is InChI=1S/C12H21N3O2S/c1-2-13-7-3-11-18(16,17)15-10-6-12-4-8-14-9-5-12/h4-5,8-9,13,15H,2-3,6-7,10-11H2,1H3. The van der Waals surface area contributed by atoms with Crippen molar-refractivity contribution in [3.63, 3.8) is 0 Å². The zero-order valence-electron chi connectivity index (χ0n) is 10.7. The van der Waals surface area contributed by atoms with E-state index < -0.39 is 10.0 Å². The molecule has 0 bridgehead atoms. The molecule has 0 aliphatic carbocycles. The van der Waals surface area contributed by atoms with Gasteiger partial charge < -0.3 is 5.32 Å². The van der Waals surface area contributed by atoms with E-state index in [1.54, 1.807) is 12.4 Å². The van der Waals surface area contributed by atoms with E-state index in [0.29, 0.717) is 19.4 Å². The number of aromatic nitrogens is 1. The highest BCUT2D eigenvalue weighted by Gasteiger charge is 2.08. The van der Waals surface area contributed by atoms with Crippen molar-refractivity contribution >= 4 is 10.0 Å². The zero-order chi connectivity index (χ0) is 13.3. The van der Waals surface area contributed by atoms with Crippen LogP contribution in [0.5, 0.6) is 0 Å². The molecule has 2 N–H and O–H groups in total. The van der Waals surface area contributed by atoms with Gasteiger partial charge in [0.2, 0.25) is 10.0 Å². The fourth-order valence-corrected chi connectivity index (χ4v) is 2.62. The minimum absolute atomic E-state index is 0.177. The van der Waals surface area contributed by atoms with E-state index in [1.165, 1.54) is 0 Å². The Morgan fingerprint density at radius 1 is 1.22 bits per heavy atom. The van der Waals surface area contributed by atoms with Gasteiger partial charge in [-0.3, -0.25) is 4.98 Å². The van der Waals surface area contributed by atoms with Crippen molar-refractivity contribution in [1.82, 2.24) is 15.0 Å². The molecule has 1 heterocycles. The first-order valence-corrected chi connectivity index (χ1v) is 7.86. The van der Waals surface area contributed by atoms with Crippen LogP contribution in [0, 0.1) is 0 Å². The molecule has 0 aromatic carbocycles. The first-order valence-electron chi connectivity index (χ1n) is 6.21. The maximum absolute atomic E-state index is 11.6. The summed E-state index contributed by atoms with van der Waals surface area (Å²) in [4.78, 5) is 3.91. The van der Waals surface area contributed by atoms with Gasteiger partial charge in [0.25, 0.3) is 0 Å². The second kappa shape index (κ2) is 8.18. The number of nitrogens with one attached hydrogen (secondary N) is 2. The molecule has 6 heteroatoms. The Bertz CT molecular complexity index is 420.